The van der Waals surface area contributed by atoms with Gasteiger partial charge in [0.1, 0.15) is 17.7 Å². The summed E-state index contributed by atoms with van der Waals surface area (Å²) >= 11 is 0. The SMILES string of the molecule is CC(C)c1cc(C#N)c(F)c(C(C)C)c1CC(=O)/N=S(/N)C1=C(F)C=C(C(C)(C)O)C1. The summed E-state index contributed by atoms with van der Waals surface area (Å²) in [6, 6.07) is 3.36. The van der Waals surface area contributed by atoms with E-state index in [1.807, 2.05) is 19.9 Å². The van der Waals surface area contributed by atoms with E-state index in [0.717, 1.165) is 0 Å². The van der Waals surface area contributed by atoms with Crippen molar-refractivity contribution in [2.24, 2.45) is 9.50 Å². The first-order valence-corrected chi connectivity index (χ1v) is 11.3. The number of hydrogen-bond donors (Lipinski definition) is 2. The Morgan fingerprint density at radius 2 is 1.94 bits per heavy atom. The molecule has 0 saturated carbocycles. The van der Waals surface area contributed by atoms with Crippen molar-refractivity contribution >= 4 is 16.8 Å². The summed E-state index contributed by atoms with van der Waals surface area (Å²) in [4.78, 5) is 12.9. The number of rotatable bonds is 6. The molecule has 1 unspecified atom stereocenters. The Hall–Kier alpha value is -2.21. The number of nitrogens with two attached hydrogens (primary N) is 1. The lowest BCUT2D eigenvalue weighted by Gasteiger charge is -2.21. The quantitative estimate of drug-likeness (QED) is 0.640. The van der Waals surface area contributed by atoms with Crippen LogP contribution in [0.25, 0.3) is 0 Å². The first-order chi connectivity index (χ1) is 14.3. The third-order valence-corrected chi connectivity index (χ3v) is 6.50. The largest absolute Gasteiger partial charge is 0.386 e. The minimum absolute atomic E-state index is 0.0438. The second-order valence-electron chi connectivity index (χ2n) is 8.79. The minimum atomic E-state index is -1.51. The van der Waals surface area contributed by atoms with Crippen LogP contribution in [0.5, 0.6) is 0 Å². The van der Waals surface area contributed by atoms with Crippen LogP contribution in [0.1, 0.15) is 82.1 Å². The molecule has 1 aromatic rings. The fourth-order valence-electron chi connectivity index (χ4n) is 3.59. The van der Waals surface area contributed by atoms with Gasteiger partial charge in [0.15, 0.2) is 0 Å². The summed E-state index contributed by atoms with van der Waals surface area (Å²) < 4.78 is 33.2. The van der Waals surface area contributed by atoms with Crippen molar-refractivity contribution in [2.75, 3.05) is 0 Å². The Morgan fingerprint density at radius 3 is 2.39 bits per heavy atom. The predicted octanol–water partition coefficient (Wildman–Crippen LogP) is 4.97. The van der Waals surface area contributed by atoms with Crippen LogP contribution in [0.3, 0.4) is 0 Å². The highest BCUT2D eigenvalue weighted by Crippen LogP contribution is 2.35. The summed E-state index contributed by atoms with van der Waals surface area (Å²) in [6.07, 6.45) is 1.14. The molecule has 0 heterocycles. The summed E-state index contributed by atoms with van der Waals surface area (Å²) in [5.41, 5.74) is 0.737. The van der Waals surface area contributed by atoms with Crippen molar-refractivity contribution in [1.29, 1.82) is 5.26 Å². The molecule has 0 fully saturated rings. The van der Waals surface area contributed by atoms with Crippen molar-refractivity contribution in [3.63, 3.8) is 0 Å². The van der Waals surface area contributed by atoms with Crippen LogP contribution in [0.15, 0.2) is 32.8 Å². The number of nitriles is 1. The number of benzene rings is 1. The topological polar surface area (TPSA) is 99.5 Å². The fourth-order valence-corrected chi connectivity index (χ4v) is 4.55. The maximum atomic E-state index is 14.9. The Balaban J connectivity index is 2.41. The van der Waals surface area contributed by atoms with Crippen LogP contribution in [-0.2, 0) is 22.1 Å². The van der Waals surface area contributed by atoms with E-state index in [1.54, 1.807) is 27.7 Å². The summed E-state index contributed by atoms with van der Waals surface area (Å²) in [7, 11) is -1.51. The van der Waals surface area contributed by atoms with Crippen molar-refractivity contribution in [2.45, 2.75) is 71.8 Å². The number of aliphatic hydroxyl groups is 1. The van der Waals surface area contributed by atoms with Gasteiger partial charge in [0.25, 0.3) is 5.91 Å². The molecule has 1 amide bonds. The zero-order valence-corrected chi connectivity index (χ0v) is 19.5. The standard InChI is InChI=1S/C23H29F2N3O2S/c1-12(2)16-7-14(11-26)22(25)21(13(3)4)17(16)10-20(29)28-31(27)19-9-15(8-18(19)24)23(5,6)30/h7-8,12-13,30H,9-10H2,1-6H3,(H2,27,28,29). The number of halogens is 2. The molecule has 1 aromatic carbocycles. The molecule has 0 bridgehead atoms. The third-order valence-electron chi connectivity index (χ3n) is 5.25. The number of carbonyl (C=O) groups is 1. The molecule has 0 radical (unpaired) electrons. The lowest BCUT2D eigenvalue weighted by molar-refractivity contribution is -0.117. The monoisotopic (exact) mass is 449 g/mol. The third kappa shape index (κ3) is 5.53. The van der Waals surface area contributed by atoms with Gasteiger partial charge in [-0.3, -0.25) is 9.93 Å². The summed E-state index contributed by atoms with van der Waals surface area (Å²) in [6.45, 7) is 10.5. The molecule has 1 atom stereocenters. The predicted molar refractivity (Wildman–Crippen MR) is 119 cm³/mol. The average molecular weight is 450 g/mol. The molecule has 168 valence electrons. The van der Waals surface area contributed by atoms with Crippen LogP contribution in [0, 0.1) is 17.1 Å². The molecule has 1 aliphatic carbocycles. The van der Waals surface area contributed by atoms with Gasteiger partial charge in [0.05, 0.1) is 22.5 Å². The Bertz CT molecular complexity index is 1040. The van der Waals surface area contributed by atoms with Gasteiger partial charge >= 0.3 is 0 Å². The van der Waals surface area contributed by atoms with Gasteiger partial charge in [-0.1, -0.05) is 27.7 Å². The second kappa shape index (κ2) is 9.51. The van der Waals surface area contributed by atoms with Gasteiger partial charge in [0, 0.05) is 17.3 Å². The van der Waals surface area contributed by atoms with Crippen LogP contribution >= 0.6 is 0 Å². The van der Waals surface area contributed by atoms with E-state index in [0.29, 0.717) is 22.3 Å². The van der Waals surface area contributed by atoms with E-state index in [-0.39, 0.29) is 35.1 Å². The maximum Gasteiger partial charge on any atom is 0.257 e. The number of carbonyl (C=O) groups excluding carboxylic acids is 1. The number of nitrogens with zero attached hydrogens (tertiary/aromatic N) is 2. The Labute approximate surface area is 184 Å². The molecule has 2 rings (SSSR count). The van der Waals surface area contributed by atoms with E-state index in [1.165, 1.54) is 12.1 Å². The maximum absolute atomic E-state index is 14.9. The van der Waals surface area contributed by atoms with Gasteiger partial charge < -0.3 is 5.11 Å². The van der Waals surface area contributed by atoms with Gasteiger partial charge in [-0.2, -0.15) is 9.62 Å². The summed E-state index contributed by atoms with van der Waals surface area (Å²) in [5.74, 6) is -2.10. The van der Waals surface area contributed by atoms with Crippen LogP contribution < -0.4 is 5.14 Å². The van der Waals surface area contributed by atoms with Crippen LogP contribution in [0.2, 0.25) is 0 Å². The van der Waals surface area contributed by atoms with Crippen LogP contribution in [0.4, 0.5) is 8.78 Å². The van der Waals surface area contributed by atoms with E-state index < -0.39 is 34.0 Å². The molecule has 8 heteroatoms. The molecule has 31 heavy (non-hydrogen) atoms. The van der Waals surface area contributed by atoms with Crippen molar-refractivity contribution in [3.05, 3.63) is 56.5 Å². The lowest BCUT2D eigenvalue weighted by Crippen LogP contribution is -2.22. The van der Waals surface area contributed by atoms with Crippen molar-refractivity contribution < 1.29 is 18.7 Å². The van der Waals surface area contributed by atoms with Gasteiger partial charge in [-0.05, 0) is 60.1 Å². The van der Waals surface area contributed by atoms with Crippen molar-refractivity contribution in [1.82, 2.24) is 0 Å². The highest BCUT2D eigenvalue weighted by Gasteiger charge is 2.29. The minimum Gasteiger partial charge on any atom is -0.386 e. The van der Waals surface area contributed by atoms with Gasteiger partial charge in [0.2, 0.25) is 0 Å². The molecule has 3 N–H and O–H groups in total. The molecule has 1 aliphatic rings. The smallest absolute Gasteiger partial charge is 0.257 e. The summed E-state index contributed by atoms with van der Waals surface area (Å²) in [5, 5.41) is 25.4. The zero-order valence-electron chi connectivity index (χ0n) is 18.7. The molecular formula is C23H29F2N3O2S. The lowest BCUT2D eigenvalue weighted by atomic mass is 9.85. The average Bonchev–Trinajstić information content (AvgIpc) is 3.03. The van der Waals surface area contributed by atoms with Crippen molar-refractivity contribution in [3.8, 4) is 6.07 Å². The Kier molecular flexibility index (Phi) is 7.69. The molecular weight excluding hydrogens is 420 g/mol. The van der Waals surface area contributed by atoms with E-state index in [2.05, 4.69) is 4.36 Å². The first-order valence-electron chi connectivity index (χ1n) is 10.1. The fraction of sp³-hybridized carbons (Fsp3) is 0.478. The van der Waals surface area contributed by atoms with E-state index in [4.69, 9.17) is 5.14 Å². The normalized spacial score (nSPS) is 15.6. The van der Waals surface area contributed by atoms with E-state index in [9.17, 15) is 23.9 Å². The van der Waals surface area contributed by atoms with Crippen LogP contribution in [-0.4, -0.2) is 16.6 Å². The molecule has 0 aliphatic heterocycles. The van der Waals surface area contributed by atoms with Gasteiger partial charge in [-0.15, -0.1) is 0 Å². The first kappa shape index (κ1) is 25.1. The van der Waals surface area contributed by atoms with Gasteiger partial charge in [-0.25, -0.2) is 8.78 Å². The number of amides is 1. The molecule has 0 saturated heterocycles. The second-order valence-corrected chi connectivity index (χ2v) is 10.1. The van der Waals surface area contributed by atoms with E-state index >= 15 is 0 Å². The Morgan fingerprint density at radius 1 is 1.32 bits per heavy atom. The number of hydrogen-bond acceptors (Lipinski definition) is 3. The molecule has 5 nitrogen and oxygen atoms in total. The zero-order chi connectivity index (χ0) is 23.7. The highest BCUT2D eigenvalue weighted by atomic mass is 32.2. The highest BCUT2D eigenvalue weighted by molar-refractivity contribution is 7.89. The molecule has 0 aromatic heterocycles. The molecule has 0 spiro atoms. The number of allylic oxidation sites excluding steroid dienone is 3.